The van der Waals surface area contributed by atoms with Crippen LogP contribution in [0.25, 0.3) is 0 Å². The van der Waals surface area contributed by atoms with Gasteiger partial charge in [-0.15, -0.1) is 0 Å². The summed E-state index contributed by atoms with van der Waals surface area (Å²) in [5.41, 5.74) is 0.494. The first kappa shape index (κ1) is 13.8. The van der Waals surface area contributed by atoms with Gasteiger partial charge in [0.2, 0.25) is 0 Å². The third-order valence-electron chi connectivity index (χ3n) is 3.06. The predicted molar refractivity (Wildman–Crippen MR) is 66.2 cm³/mol. The minimum absolute atomic E-state index is 0.247. The Balaban J connectivity index is 2.53. The SMILES string of the molecule is CCC(C)(C)CNCc1cc(C(=O)O)c(C)o1. The van der Waals surface area contributed by atoms with E-state index in [2.05, 4.69) is 26.1 Å². The van der Waals surface area contributed by atoms with E-state index in [1.165, 1.54) is 0 Å². The van der Waals surface area contributed by atoms with Gasteiger partial charge in [0.15, 0.2) is 0 Å². The van der Waals surface area contributed by atoms with Gasteiger partial charge in [0.05, 0.1) is 6.54 Å². The molecule has 1 aromatic rings. The van der Waals surface area contributed by atoms with Crippen molar-refractivity contribution in [2.45, 2.75) is 40.7 Å². The van der Waals surface area contributed by atoms with Crippen LogP contribution < -0.4 is 5.32 Å². The van der Waals surface area contributed by atoms with Gasteiger partial charge in [-0.05, 0) is 24.8 Å². The van der Waals surface area contributed by atoms with Crippen molar-refractivity contribution >= 4 is 5.97 Å². The molecule has 0 aromatic carbocycles. The number of carboxylic acid groups (broad SMARTS) is 1. The highest BCUT2D eigenvalue weighted by atomic mass is 16.4. The number of rotatable bonds is 6. The van der Waals surface area contributed by atoms with E-state index in [4.69, 9.17) is 9.52 Å². The summed E-state index contributed by atoms with van der Waals surface area (Å²) in [6.45, 7) is 9.65. The summed E-state index contributed by atoms with van der Waals surface area (Å²) in [7, 11) is 0. The van der Waals surface area contributed by atoms with Crippen molar-refractivity contribution < 1.29 is 14.3 Å². The average Bonchev–Trinajstić information content (AvgIpc) is 2.59. The van der Waals surface area contributed by atoms with Gasteiger partial charge in [-0.25, -0.2) is 4.79 Å². The molecule has 0 aliphatic rings. The molecule has 96 valence electrons. The monoisotopic (exact) mass is 239 g/mol. The van der Waals surface area contributed by atoms with Gasteiger partial charge in [0, 0.05) is 6.54 Å². The predicted octanol–water partition coefficient (Wildman–Crippen LogP) is 2.81. The Kier molecular flexibility index (Phi) is 4.34. The fourth-order valence-electron chi connectivity index (χ4n) is 1.49. The number of hydrogen-bond donors (Lipinski definition) is 2. The highest BCUT2D eigenvalue weighted by molar-refractivity contribution is 5.88. The molecule has 0 aliphatic heterocycles. The molecule has 0 bridgehead atoms. The zero-order valence-electron chi connectivity index (χ0n) is 11.0. The normalized spacial score (nSPS) is 11.8. The first-order chi connectivity index (χ1) is 7.85. The molecule has 0 fully saturated rings. The van der Waals surface area contributed by atoms with Crippen molar-refractivity contribution in [1.82, 2.24) is 5.32 Å². The lowest BCUT2D eigenvalue weighted by atomic mass is 9.90. The van der Waals surface area contributed by atoms with Crippen LogP contribution in [-0.4, -0.2) is 17.6 Å². The zero-order valence-corrected chi connectivity index (χ0v) is 11.0. The second-order valence-electron chi connectivity index (χ2n) is 5.11. The molecule has 0 unspecified atom stereocenters. The second kappa shape index (κ2) is 5.36. The summed E-state index contributed by atoms with van der Waals surface area (Å²) < 4.78 is 5.38. The molecule has 0 atom stereocenters. The lowest BCUT2D eigenvalue weighted by Gasteiger charge is -2.22. The van der Waals surface area contributed by atoms with E-state index in [1.807, 2.05) is 0 Å². The van der Waals surface area contributed by atoms with Gasteiger partial charge in [-0.3, -0.25) is 0 Å². The number of nitrogens with one attached hydrogen (secondary N) is 1. The topological polar surface area (TPSA) is 62.5 Å². The van der Waals surface area contributed by atoms with Crippen LogP contribution in [0.4, 0.5) is 0 Å². The zero-order chi connectivity index (χ0) is 13.1. The van der Waals surface area contributed by atoms with Crippen LogP contribution in [0.2, 0.25) is 0 Å². The number of carbonyl (C=O) groups is 1. The Hall–Kier alpha value is -1.29. The van der Waals surface area contributed by atoms with Crippen molar-refractivity contribution in [2.75, 3.05) is 6.54 Å². The van der Waals surface area contributed by atoms with E-state index in [-0.39, 0.29) is 11.0 Å². The molecule has 4 nitrogen and oxygen atoms in total. The summed E-state index contributed by atoms with van der Waals surface area (Å²) in [6.07, 6.45) is 1.09. The van der Waals surface area contributed by atoms with E-state index < -0.39 is 5.97 Å². The summed E-state index contributed by atoms with van der Waals surface area (Å²) in [4.78, 5) is 10.8. The third kappa shape index (κ3) is 3.89. The summed E-state index contributed by atoms with van der Waals surface area (Å²) in [5.74, 6) is 0.197. The molecule has 2 N–H and O–H groups in total. The van der Waals surface area contributed by atoms with E-state index >= 15 is 0 Å². The largest absolute Gasteiger partial charge is 0.478 e. The van der Waals surface area contributed by atoms with Crippen LogP contribution in [0.1, 0.15) is 49.1 Å². The summed E-state index contributed by atoms with van der Waals surface area (Å²) in [5, 5.41) is 12.2. The minimum atomic E-state index is -0.939. The Morgan fingerprint density at radius 1 is 1.53 bits per heavy atom. The van der Waals surface area contributed by atoms with Gasteiger partial charge in [0.25, 0.3) is 0 Å². The van der Waals surface area contributed by atoms with Crippen molar-refractivity contribution in [3.05, 3.63) is 23.2 Å². The maximum absolute atomic E-state index is 10.8. The Labute approximate surface area is 102 Å². The van der Waals surface area contributed by atoms with Crippen molar-refractivity contribution in [2.24, 2.45) is 5.41 Å². The highest BCUT2D eigenvalue weighted by Gasteiger charge is 2.16. The fraction of sp³-hybridized carbons (Fsp3) is 0.615. The van der Waals surface area contributed by atoms with Gasteiger partial charge in [-0.2, -0.15) is 0 Å². The van der Waals surface area contributed by atoms with Gasteiger partial charge >= 0.3 is 5.97 Å². The second-order valence-corrected chi connectivity index (χ2v) is 5.11. The first-order valence-electron chi connectivity index (χ1n) is 5.89. The number of aromatic carboxylic acids is 1. The molecule has 0 amide bonds. The standard InChI is InChI=1S/C13H21NO3/c1-5-13(3,4)8-14-7-10-6-11(12(15)16)9(2)17-10/h6,14H,5,7-8H2,1-4H3,(H,15,16). The van der Waals surface area contributed by atoms with E-state index in [9.17, 15) is 4.79 Å². The lowest BCUT2D eigenvalue weighted by Crippen LogP contribution is -2.28. The first-order valence-corrected chi connectivity index (χ1v) is 5.89. The average molecular weight is 239 g/mol. The van der Waals surface area contributed by atoms with Crippen LogP contribution >= 0.6 is 0 Å². The molecule has 0 radical (unpaired) electrons. The molecule has 4 heteroatoms. The number of furan rings is 1. The van der Waals surface area contributed by atoms with Crippen LogP contribution in [0.5, 0.6) is 0 Å². The smallest absolute Gasteiger partial charge is 0.339 e. The molecular formula is C13H21NO3. The van der Waals surface area contributed by atoms with Crippen LogP contribution in [0.3, 0.4) is 0 Å². The van der Waals surface area contributed by atoms with Crippen LogP contribution in [-0.2, 0) is 6.54 Å². The Morgan fingerprint density at radius 3 is 2.65 bits per heavy atom. The van der Waals surface area contributed by atoms with E-state index in [1.54, 1.807) is 13.0 Å². The molecule has 1 aromatic heterocycles. The molecule has 0 aliphatic carbocycles. The maximum atomic E-state index is 10.8. The third-order valence-corrected chi connectivity index (χ3v) is 3.06. The Bertz CT molecular complexity index is 393. The summed E-state index contributed by atoms with van der Waals surface area (Å²) in [6, 6.07) is 1.59. The highest BCUT2D eigenvalue weighted by Crippen LogP contribution is 2.19. The van der Waals surface area contributed by atoms with Crippen molar-refractivity contribution in [1.29, 1.82) is 0 Å². The minimum Gasteiger partial charge on any atom is -0.478 e. The molecule has 0 spiro atoms. The van der Waals surface area contributed by atoms with Crippen LogP contribution in [0, 0.1) is 12.3 Å². The molecule has 0 saturated carbocycles. The molecule has 17 heavy (non-hydrogen) atoms. The van der Waals surface area contributed by atoms with Crippen LogP contribution in [0.15, 0.2) is 10.5 Å². The van der Waals surface area contributed by atoms with Crippen molar-refractivity contribution in [3.63, 3.8) is 0 Å². The van der Waals surface area contributed by atoms with E-state index in [0.717, 1.165) is 13.0 Å². The number of aryl methyl sites for hydroxylation is 1. The number of hydrogen-bond acceptors (Lipinski definition) is 3. The lowest BCUT2D eigenvalue weighted by molar-refractivity contribution is 0.0695. The van der Waals surface area contributed by atoms with Gasteiger partial charge < -0.3 is 14.8 Å². The van der Waals surface area contributed by atoms with Gasteiger partial charge in [0.1, 0.15) is 17.1 Å². The fourth-order valence-corrected chi connectivity index (χ4v) is 1.49. The summed E-state index contributed by atoms with van der Waals surface area (Å²) >= 11 is 0. The Morgan fingerprint density at radius 2 is 2.18 bits per heavy atom. The maximum Gasteiger partial charge on any atom is 0.339 e. The van der Waals surface area contributed by atoms with Gasteiger partial charge in [-0.1, -0.05) is 20.8 Å². The van der Waals surface area contributed by atoms with E-state index in [0.29, 0.717) is 18.1 Å². The van der Waals surface area contributed by atoms with Crippen molar-refractivity contribution in [3.8, 4) is 0 Å². The molecule has 1 rings (SSSR count). The quantitative estimate of drug-likeness (QED) is 0.801. The molecule has 0 saturated heterocycles. The molecular weight excluding hydrogens is 218 g/mol. The molecule has 1 heterocycles. The number of carboxylic acids is 1.